The summed E-state index contributed by atoms with van der Waals surface area (Å²) in [6.45, 7) is 4.42. The lowest BCUT2D eigenvalue weighted by Crippen LogP contribution is -2.41. The Kier molecular flexibility index (Phi) is 4.64. The minimum atomic E-state index is -0.517. The number of aliphatic hydroxyl groups excluding tert-OH is 1. The minimum absolute atomic E-state index is 0.390. The first-order valence-electron chi connectivity index (χ1n) is 7.43. The third-order valence-corrected chi connectivity index (χ3v) is 4.70. The molecule has 1 aliphatic carbocycles. The van der Waals surface area contributed by atoms with Crippen LogP contribution in [-0.2, 0) is 11.2 Å². The van der Waals surface area contributed by atoms with Crippen LogP contribution in [-0.4, -0.2) is 17.8 Å². The highest BCUT2D eigenvalue weighted by Gasteiger charge is 2.41. The summed E-state index contributed by atoms with van der Waals surface area (Å²) in [6.07, 6.45) is 4.65. The monoisotopic (exact) mass is 262 g/mol. The normalized spacial score (nSPS) is 29.2. The summed E-state index contributed by atoms with van der Waals surface area (Å²) in [4.78, 5) is 0. The van der Waals surface area contributed by atoms with Crippen LogP contribution >= 0.6 is 0 Å². The van der Waals surface area contributed by atoms with Gasteiger partial charge in [0.15, 0.2) is 0 Å². The van der Waals surface area contributed by atoms with E-state index in [1.165, 1.54) is 5.56 Å². The van der Waals surface area contributed by atoms with E-state index in [1.807, 2.05) is 12.1 Å². The molecule has 2 nitrogen and oxygen atoms in total. The highest BCUT2D eigenvalue weighted by Crippen LogP contribution is 2.42. The summed E-state index contributed by atoms with van der Waals surface area (Å²) >= 11 is 0. The largest absolute Gasteiger partial charge is 0.385 e. The number of methoxy groups -OCH3 is 1. The first-order valence-corrected chi connectivity index (χ1v) is 7.43. The molecule has 0 aromatic heterocycles. The fourth-order valence-corrected chi connectivity index (χ4v) is 3.13. The molecule has 1 fully saturated rings. The standard InChI is InChI=1S/C17H26O2/c1-4-14-6-5-7-15(12-14)16(18)17(19-3)10-8-13(2)9-11-17/h5-7,12-13,16,18H,4,8-11H2,1-3H3. The number of aryl methyl sites for hydroxylation is 1. The molecule has 1 aromatic rings. The van der Waals surface area contributed by atoms with E-state index in [9.17, 15) is 5.11 Å². The molecule has 106 valence electrons. The quantitative estimate of drug-likeness (QED) is 0.892. The molecular weight excluding hydrogens is 236 g/mol. The molecule has 0 bridgehead atoms. The zero-order chi connectivity index (χ0) is 13.9. The fourth-order valence-electron chi connectivity index (χ4n) is 3.13. The van der Waals surface area contributed by atoms with Gasteiger partial charge in [0.1, 0.15) is 6.10 Å². The summed E-state index contributed by atoms with van der Waals surface area (Å²) in [7, 11) is 1.74. The predicted molar refractivity (Wildman–Crippen MR) is 78.2 cm³/mol. The van der Waals surface area contributed by atoms with Crippen molar-refractivity contribution in [3.8, 4) is 0 Å². The van der Waals surface area contributed by atoms with Crippen molar-refractivity contribution in [2.75, 3.05) is 7.11 Å². The molecule has 1 aromatic carbocycles. The first-order chi connectivity index (χ1) is 9.11. The first kappa shape index (κ1) is 14.5. The molecule has 1 saturated carbocycles. The van der Waals surface area contributed by atoms with Crippen molar-refractivity contribution in [1.29, 1.82) is 0 Å². The molecule has 2 heteroatoms. The minimum Gasteiger partial charge on any atom is -0.385 e. The van der Waals surface area contributed by atoms with Gasteiger partial charge >= 0.3 is 0 Å². The Morgan fingerprint density at radius 1 is 1.37 bits per heavy atom. The van der Waals surface area contributed by atoms with Gasteiger partial charge in [-0.05, 0) is 49.1 Å². The molecule has 0 spiro atoms. The zero-order valence-electron chi connectivity index (χ0n) is 12.4. The van der Waals surface area contributed by atoms with Crippen molar-refractivity contribution < 1.29 is 9.84 Å². The van der Waals surface area contributed by atoms with E-state index in [2.05, 4.69) is 26.0 Å². The Hall–Kier alpha value is -0.860. The second kappa shape index (κ2) is 6.06. The van der Waals surface area contributed by atoms with Crippen molar-refractivity contribution in [3.63, 3.8) is 0 Å². The summed E-state index contributed by atoms with van der Waals surface area (Å²) < 4.78 is 5.77. The molecule has 1 aliphatic rings. The third-order valence-electron chi connectivity index (χ3n) is 4.70. The summed E-state index contributed by atoms with van der Waals surface area (Å²) in [5, 5.41) is 10.8. The van der Waals surface area contributed by atoms with E-state index in [-0.39, 0.29) is 0 Å². The van der Waals surface area contributed by atoms with Crippen LogP contribution in [0.2, 0.25) is 0 Å². The van der Waals surface area contributed by atoms with Gasteiger partial charge in [-0.3, -0.25) is 0 Å². The smallest absolute Gasteiger partial charge is 0.108 e. The molecule has 0 heterocycles. The molecule has 19 heavy (non-hydrogen) atoms. The molecule has 1 atom stereocenters. The van der Waals surface area contributed by atoms with Crippen LogP contribution in [0, 0.1) is 5.92 Å². The van der Waals surface area contributed by atoms with Crippen LogP contribution in [0.4, 0.5) is 0 Å². The molecule has 0 aliphatic heterocycles. The summed E-state index contributed by atoms with van der Waals surface area (Å²) in [5.41, 5.74) is 1.88. The maximum Gasteiger partial charge on any atom is 0.108 e. The van der Waals surface area contributed by atoms with Gasteiger partial charge < -0.3 is 9.84 Å². The van der Waals surface area contributed by atoms with Gasteiger partial charge in [0.05, 0.1) is 5.60 Å². The predicted octanol–water partition coefficient (Wildman–Crippen LogP) is 3.88. The summed E-state index contributed by atoms with van der Waals surface area (Å²) in [5.74, 6) is 0.748. The average molecular weight is 262 g/mol. The van der Waals surface area contributed by atoms with E-state index in [4.69, 9.17) is 4.74 Å². The van der Waals surface area contributed by atoms with Gasteiger partial charge in [-0.1, -0.05) is 38.1 Å². The zero-order valence-corrected chi connectivity index (χ0v) is 12.4. The van der Waals surface area contributed by atoms with Gasteiger partial charge in [0, 0.05) is 7.11 Å². The van der Waals surface area contributed by atoms with E-state index in [1.54, 1.807) is 7.11 Å². The van der Waals surface area contributed by atoms with Gasteiger partial charge in [0.25, 0.3) is 0 Å². The SMILES string of the molecule is CCc1cccc(C(O)C2(OC)CCC(C)CC2)c1. The van der Waals surface area contributed by atoms with Crippen LogP contribution in [0.25, 0.3) is 0 Å². The van der Waals surface area contributed by atoms with Crippen LogP contribution in [0.5, 0.6) is 0 Å². The van der Waals surface area contributed by atoms with Crippen LogP contribution in [0.1, 0.15) is 56.8 Å². The number of aliphatic hydroxyl groups is 1. The van der Waals surface area contributed by atoms with E-state index < -0.39 is 11.7 Å². The number of hydrogen-bond acceptors (Lipinski definition) is 2. The van der Waals surface area contributed by atoms with E-state index >= 15 is 0 Å². The maximum atomic E-state index is 10.8. The van der Waals surface area contributed by atoms with Crippen LogP contribution < -0.4 is 0 Å². The van der Waals surface area contributed by atoms with Gasteiger partial charge in [-0.25, -0.2) is 0 Å². The van der Waals surface area contributed by atoms with E-state index in [0.29, 0.717) is 0 Å². The number of hydrogen-bond donors (Lipinski definition) is 1. The van der Waals surface area contributed by atoms with Gasteiger partial charge in [0.2, 0.25) is 0 Å². The lowest BCUT2D eigenvalue weighted by molar-refractivity contribution is -0.130. The van der Waals surface area contributed by atoms with Crippen molar-refractivity contribution >= 4 is 0 Å². The van der Waals surface area contributed by atoms with E-state index in [0.717, 1.165) is 43.6 Å². The second-order valence-corrected chi connectivity index (χ2v) is 5.95. The van der Waals surface area contributed by atoms with Crippen molar-refractivity contribution in [2.45, 2.75) is 57.7 Å². The molecule has 0 saturated heterocycles. The number of ether oxygens (including phenoxy) is 1. The molecule has 0 radical (unpaired) electrons. The lowest BCUT2D eigenvalue weighted by Gasteiger charge is -2.42. The van der Waals surface area contributed by atoms with Crippen molar-refractivity contribution in [1.82, 2.24) is 0 Å². The summed E-state index contributed by atoms with van der Waals surface area (Å²) in [6, 6.07) is 8.27. The molecule has 0 amide bonds. The Morgan fingerprint density at radius 2 is 2.05 bits per heavy atom. The number of benzene rings is 1. The Balaban J connectivity index is 2.22. The lowest BCUT2D eigenvalue weighted by atomic mass is 9.74. The molecule has 2 rings (SSSR count). The molecular formula is C17H26O2. The fraction of sp³-hybridized carbons (Fsp3) is 0.647. The maximum absolute atomic E-state index is 10.8. The van der Waals surface area contributed by atoms with Gasteiger partial charge in [-0.2, -0.15) is 0 Å². The Labute approximate surface area is 116 Å². The Morgan fingerprint density at radius 3 is 2.63 bits per heavy atom. The van der Waals surface area contributed by atoms with Crippen molar-refractivity contribution in [2.24, 2.45) is 5.92 Å². The Bertz CT molecular complexity index is 405. The number of rotatable bonds is 4. The second-order valence-electron chi connectivity index (χ2n) is 5.95. The van der Waals surface area contributed by atoms with Crippen LogP contribution in [0.15, 0.2) is 24.3 Å². The topological polar surface area (TPSA) is 29.5 Å². The van der Waals surface area contributed by atoms with Crippen LogP contribution in [0.3, 0.4) is 0 Å². The highest BCUT2D eigenvalue weighted by atomic mass is 16.5. The third kappa shape index (κ3) is 3.01. The average Bonchev–Trinajstić information content (AvgIpc) is 2.48. The van der Waals surface area contributed by atoms with Gasteiger partial charge in [-0.15, -0.1) is 0 Å². The molecule has 1 unspecified atom stereocenters. The van der Waals surface area contributed by atoms with Crippen molar-refractivity contribution in [3.05, 3.63) is 35.4 Å². The highest BCUT2D eigenvalue weighted by molar-refractivity contribution is 5.27. The molecule has 1 N–H and O–H groups in total.